The number of benzene rings is 1. The van der Waals surface area contributed by atoms with Crippen molar-refractivity contribution in [3.05, 3.63) is 42.6 Å². The summed E-state index contributed by atoms with van der Waals surface area (Å²) in [7, 11) is 0. The van der Waals surface area contributed by atoms with Gasteiger partial charge in [-0.25, -0.2) is 9.78 Å². The van der Waals surface area contributed by atoms with Crippen LogP contribution in [0.2, 0.25) is 0 Å². The molecular weight excluding hydrogens is 304 g/mol. The Morgan fingerprint density at radius 1 is 1.33 bits per heavy atom. The fourth-order valence-corrected chi connectivity index (χ4v) is 2.95. The monoisotopic (exact) mass is 326 g/mol. The van der Waals surface area contributed by atoms with Crippen LogP contribution in [0.5, 0.6) is 0 Å². The summed E-state index contributed by atoms with van der Waals surface area (Å²) in [5, 5.41) is 10.9. The zero-order chi connectivity index (χ0) is 17.1. The number of hydrogen-bond acceptors (Lipinski definition) is 3. The Morgan fingerprint density at radius 2 is 2.17 bits per heavy atom. The van der Waals surface area contributed by atoms with E-state index in [1.807, 2.05) is 25.1 Å². The van der Waals surface area contributed by atoms with Crippen LogP contribution < -0.4 is 10.6 Å². The Kier molecular flexibility index (Phi) is 4.50. The maximum absolute atomic E-state index is 12.1. The van der Waals surface area contributed by atoms with Gasteiger partial charge in [-0.15, -0.1) is 0 Å². The second-order valence-corrected chi connectivity index (χ2v) is 5.92. The van der Waals surface area contributed by atoms with Crippen molar-refractivity contribution in [2.24, 2.45) is 0 Å². The van der Waals surface area contributed by atoms with Gasteiger partial charge < -0.3 is 15.2 Å². The number of nitrogens with zero attached hydrogens (tertiary/aromatic N) is 4. The van der Waals surface area contributed by atoms with E-state index in [-0.39, 0.29) is 12.1 Å². The van der Waals surface area contributed by atoms with Gasteiger partial charge in [-0.1, -0.05) is 0 Å². The molecule has 2 heterocycles. The SMILES string of the molecule is CCn1c(C)cc2cc(NC(=O)NC(C)Cn3cncn3)ccc21. The molecule has 0 bridgehead atoms. The summed E-state index contributed by atoms with van der Waals surface area (Å²) in [5.74, 6) is 0. The molecule has 7 nitrogen and oxygen atoms in total. The van der Waals surface area contributed by atoms with E-state index < -0.39 is 0 Å². The standard InChI is InChI=1S/C17H22N6O/c1-4-23-13(3)7-14-8-15(5-6-16(14)23)21-17(24)20-12(2)9-22-11-18-10-19-22/h5-8,10-12H,4,9H2,1-3H3,(H2,20,21,24). The van der Waals surface area contributed by atoms with Crippen LogP contribution in [-0.2, 0) is 13.1 Å². The molecule has 0 fully saturated rings. The van der Waals surface area contributed by atoms with Crippen molar-refractivity contribution in [2.45, 2.75) is 39.9 Å². The second kappa shape index (κ2) is 6.74. The van der Waals surface area contributed by atoms with Crippen LogP contribution >= 0.6 is 0 Å². The normalized spacial score (nSPS) is 12.3. The third kappa shape index (κ3) is 3.40. The number of anilines is 1. The second-order valence-electron chi connectivity index (χ2n) is 5.92. The molecule has 2 amide bonds. The van der Waals surface area contributed by atoms with E-state index in [2.05, 4.69) is 45.2 Å². The largest absolute Gasteiger partial charge is 0.345 e. The third-order valence-corrected chi connectivity index (χ3v) is 3.99. The summed E-state index contributed by atoms with van der Waals surface area (Å²) in [6.07, 6.45) is 3.11. The zero-order valence-corrected chi connectivity index (χ0v) is 14.2. The molecule has 126 valence electrons. The number of urea groups is 1. The molecule has 7 heteroatoms. The molecule has 0 spiro atoms. The highest BCUT2D eigenvalue weighted by Gasteiger charge is 2.10. The summed E-state index contributed by atoms with van der Waals surface area (Å²) in [5.41, 5.74) is 3.18. The summed E-state index contributed by atoms with van der Waals surface area (Å²) < 4.78 is 3.94. The average molecular weight is 326 g/mol. The van der Waals surface area contributed by atoms with Gasteiger partial charge in [-0.05, 0) is 45.0 Å². The molecule has 1 aromatic carbocycles. The van der Waals surface area contributed by atoms with Gasteiger partial charge in [-0.3, -0.25) is 4.68 Å². The number of fused-ring (bicyclic) bond motifs is 1. The minimum Gasteiger partial charge on any atom is -0.345 e. The maximum atomic E-state index is 12.1. The number of hydrogen-bond donors (Lipinski definition) is 2. The molecule has 2 N–H and O–H groups in total. The molecule has 1 unspecified atom stereocenters. The quantitative estimate of drug-likeness (QED) is 0.757. The summed E-state index contributed by atoms with van der Waals surface area (Å²) in [6, 6.07) is 7.81. The molecule has 3 aromatic rings. The highest BCUT2D eigenvalue weighted by atomic mass is 16.2. The predicted octanol–water partition coefficient (Wildman–Crippen LogP) is 2.77. The van der Waals surface area contributed by atoms with E-state index in [1.165, 1.54) is 17.5 Å². The Balaban J connectivity index is 1.64. The van der Waals surface area contributed by atoms with E-state index in [0.29, 0.717) is 6.54 Å². The molecular formula is C17H22N6O. The molecule has 0 radical (unpaired) electrons. The molecule has 2 aromatic heterocycles. The van der Waals surface area contributed by atoms with Crippen molar-refractivity contribution in [3.8, 4) is 0 Å². The van der Waals surface area contributed by atoms with Gasteiger partial charge in [0.25, 0.3) is 0 Å². The lowest BCUT2D eigenvalue weighted by Crippen LogP contribution is -2.38. The predicted molar refractivity (Wildman–Crippen MR) is 94.0 cm³/mol. The Hall–Kier alpha value is -2.83. The van der Waals surface area contributed by atoms with Crippen LogP contribution in [-0.4, -0.2) is 31.4 Å². The molecule has 1 atom stereocenters. The van der Waals surface area contributed by atoms with Gasteiger partial charge in [0, 0.05) is 34.9 Å². The van der Waals surface area contributed by atoms with Gasteiger partial charge in [0.15, 0.2) is 0 Å². The van der Waals surface area contributed by atoms with Crippen molar-refractivity contribution in [1.29, 1.82) is 0 Å². The first kappa shape index (κ1) is 16.0. The lowest BCUT2D eigenvalue weighted by Gasteiger charge is -2.14. The molecule has 0 saturated carbocycles. The van der Waals surface area contributed by atoms with Crippen LogP contribution in [0.15, 0.2) is 36.9 Å². The van der Waals surface area contributed by atoms with Crippen LogP contribution in [0.1, 0.15) is 19.5 Å². The Bertz CT molecular complexity index is 836. The number of aryl methyl sites for hydroxylation is 2. The Morgan fingerprint density at radius 3 is 2.88 bits per heavy atom. The summed E-state index contributed by atoms with van der Waals surface area (Å²) in [6.45, 7) is 7.65. The topological polar surface area (TPSA) is 76.8 Å². The fraction of sp³-hybridized carbons (Fsp3) is 0.353. The van der Waals surface area contributed by atoms with Crippen LogP contribution in [0, 0.1) is 6.92 Å². The number of carbonyl (C=O) groups excluding carboxylic acids is 1. The highest BCUT2D eigenvalue weighted by Crippen LogP contribution is 2.23. The van der Waals surface area contributed by atoms with Crippen LogP contribution in [0.4, 0.5) is 10.5 Å². The molecule has 0 aliphatic heterocycles. The molecule has 24 heavy (non-hydrogen) atoms. The van der Waals surface area contributed by atoms with Crippen molar-refractivity contribution >= 4 is 22.6 Å². The number of nitrogens with one attached hydrogen (secondary N) is 2. The first-order chi connectivity index (χ1) is 11.6. The first-order valence-corrected chi connectivity index (χ1v) is 8.06. The smallest absolute Gasteiger partial charge is 0.319 e. The van der Waals surface area contributed by atoms with Gasteiger partial charge >= 0.3 is 6.03 Å². The van der Waals surface area contributed by atoms with Gasteiger partial charge in [0.1, 0.15) is 12.7 Å². The number of carbonyl (C=O) groups is 1. The van der Waals surface area contributed by atoms with Crippen molar-refractivity contribution in [3.63, 3.8) is 0 Å². The van der Waals surface area contributed by atoms with Crippen LogP contribution in [0.3, 0.4) is 0 Å². The van der Waals surface area contributed by atoms with E-state index >= 15 is 0 Å². The third-order valence-electron chi connectivity index (χ3n) is 3.99. The van der Waals surface area contributed by atoms with Gasteiger partial charge in [0.05, 0.1) is 6.54 Å². The van der Waals surface area contributed by atoms with Crippen molar-refractivity contribution in [2.75, 3.05) is 5.32 Å². The molecule has 0 aliphatic rings. The fourth-order valence-electron chi connectivity index (χ4n) is 2.95. The number of rotatable bonds is 5. The highest BCUT2D eigenvalue weighted by molar-refractivity contribution is 5.93. The summed E-state index contributed by atoms with van der Waals surface area (Å²) >= 11 is 0. The van der Waals surface area contributed by atoms with E-state index in [9.17, 15) is 4.79 Å². The minimum atomic E-state index is -0.228. The van der Waals surface area contributed by atoms with Crippen LogP contribution in [0.25, 0.3) is 10.9 Å². The average Bonchev–Trinajstić information content (AvgIpc) is 3.12. The maximum Gasteiger partial charge on any atom is 0.319 e. The minimum absolute atomic E-state index is 0.0566. The van der Waals surface area contributed by atoms with E-state index in [1.54, 1.807) is 11.0 Å². The Labute approximate surface area is 140 Å². The van der Waals surface area contributed by atoms with E-state index in [4.69, 9.17) is 0 Å². The number of amides is 2. The van der Waals surface area contributed by atoms with Gasteiger partial charge in [-0.2, -0.15) is 5.10 Å². The van der Waals surface area contributed by atoms with Crippen molar-refractivity contribution in [1.82, 2.24) is 24.6 Å². The van der Waals surface area contributed by atoms with Crippen molar-refractivity contribution < 1.29 is 4.79 Å². The van der Waals surface area contributed by atoms with E-state index in [0.717, 1.165) is 17.6 Å². The summed E-state index contributed by atoms with van der Waals surface area (Å²) in [4.78, 5) is 16.0. The molecule has 3 rings (SSSR count). The lowest BCUT2D eigenvalue weighted by molar-refractivity contribution is 0.247. The number of aromatic nitrogens is 4. The first-order valence-electron chi connectivity index (χ1n) is 8.06. The lowest BCUT2D eigenvalue weighted by atomic mass is 10.2. The zero-order valence-electron chi connectivity index (χ0n) is 14.2. The van der Waals surface area contributed by atoms with Gasteiger partial charge in [0.2, 0.25) is 0 Å². The molecule has 0 saturated heterocycles. The molecule has 0 aliphatic carbocycles.